The van der Waals surface area contributed by atoms with Gasteiger partial charge in [-0.15, -0.1) is 0 Å². The van der Waals surface area contributed by atoms with Crippen LogP contribution in [0.5, 0.6) is 0 Å². The largest absolute Gasteiger partial charge is 0.418 e. The first kappa shape index (κ1) is 17.3. The van der Waals surface area contributed by atoms with Crippen molar-refractivity contribution in [2.45, 2.75) is 38.0 Å². The summed E-state index contributed by atoms with van der Waals surface area (Å²) >= 11 is 0. The number of fused-ring (bicyclic) bond motifs is 1. The quantitative estimate of drug-likeness (QED) is 0.766. The van der Waals surface area contributed by atoms with Gasteiger partial charge in [0.15, 0.2) is 0 Å². The van der Waals surface area contributed by atoms with E-state index in [4.69, 9.17) is 0 Å². The van der Waals surface area contributed by atoms with Gasteiger partial charge in [-0.3, -0.25) is 4.99 Å². The van der Waals surface area contributed by atoms with E-state index < -0.39 is 23.5 Å². The predicted molar refractivity (Wildman–Crippen MR) is 77.5 cm³/mol. The van der Waals surface area contributed by atoms with E-state index in [-0.39, 0.29) is 23.7 Å². The van der Waals surface area contributed by atoms with Gasteiger partial charge in [-0.1, -0.05) is 0 Å². The molecule has 0 spiro atoms. The molecule has 0 aromatic heterocycles. The number of piperidine rings is 1. The zero-order chi connectivity index (χ0) is 17.5. The summed E-state index contributed by atoms with van der Waals surface area (Å²) in [5, 5.41) is 3.20. The second-order valence-electron chi connectivity index (χ2n) is 6.28. The second-order valence-corrected chi connectivity index (χ2v) is 6.28. The van der Waals surface area contributed by atoms with Crippen molar-refractivity contribution in [3.05, 3.63) is 28.8 Å². The summed E-state index contributed by atoms with van der Waals surface area (Å²) in [6.07, 6.45) is -7.28. The summed E-state index contributed by atoms with van der Waals surface area (Å²) in [6, 6.07) is 0.958. The van der Waals surface area contributed by atoms with Gasteiger partial charge in [-0.2, -0.15) is 26.3 Å². The molecule has 2 nitrogen and oxygen atoms in total. The fourth-order valence-electron chi connectivity index (χ4n) is 3.30. The lowest BCUT2D eigenvalue weighted by Crippen LogP contribution is -2.28. The molecule has 1 fully saturated rings. The molecule has 2 aliphatic heterocycles. The Morgan fingerprint density at radius 2 is 1.67 bits per heavy atom. The molecule has 0 radical (unpaired) electrons. The highest BCUT2D eigenvalue weighted by molar-refractivity contribution is 5.95. The van der Waals surface area contributed by atoms with E-state index in [1.54, 1.807) is 0 Å². The molecular weight excluding hydrogens is 334 g/mol. The fourth-order valence-corrected chi connectivity index (χ4v) is 3.30. The van der Waals surface area contributed by atoms with Crippen LogP contribution in [0.2, 0.25) is 0 Å². The molecular formula is C16H16F6N2. The first-order chi connectivity index (χ1) is 11.1. The van der Waals surface area contributed by atoms with Crippen LogP contribution in [0.3, 0.4) is 0 Å². The van der Waals surface area contributed by atoms with Gasteiger partial charge in [-0.05, 0) is 56.0 Å². The molecule has 0 amide bonds. The molecule has 1 saturated heterocycles. The van der Waals surface area contributed by atoms with Crippen LogP contribution in [0.1, 0.15) is 36.0 Å². The van der Waals surface area contributed by atoms with Crippen molar-refractivity contribution in [1.29, 1.82) is 0 Å². The van der Waals surface area contributed by atoms with Crippen LogP contribution in [0.15, 0.2) is 17.1 Å². The van der Waals surface area contributed by atoms with Crippen LogP contribution >= 0.6 is 0 Å². The SMILES string of the molecule is FC(F)(F)c1cc2c(c(C(F)(F)F)c1)N=C(CC1CCNCC1)C2. The van der Waals surface area contributed by atoms with Crippen LogP contribution in [-0.4, -0.2) is 18.8 Å². The Labute approximate surface area is 135 Å². The lowest BCUT2D eigenvalue weighted by molar-refractivity contribution is -0.142. The molecule has 0 unspecified atom stereocenters. The Morgan fingerprint density at radius 1 is 1.00 bits per heavy atom. The molecule has 0 saturated carbocycles. The topological polar surface area (TPSA) is 24.4 Å². The van der Waals surface area contributed by atoms with Crippen LogP contribution in [0.4, 0.5) is 32.0 Å². The molecule has 2 heterocycles. The second kappa shape index (κ2) is 6.06. The summed E-state index contributed by atoms with van der Waals surface area (Å²) in [7, 11) is 0. The highest BCUT2D eigenvalue weighted by Gasteiger charge is 2.41. The minimum absolute atomic E-state index is 0.0149. The first-order valence-corrected chi connectivity index (χ1v) is 7.73. The van der Waals surface area contributed by atoms with E-state index in [1.807, 2.05) is 0 Å². The minimum atomic E-state index is -4.86. The van der Waals surface area contributed by atoms with Crippen molar-refractivity contribution in [1.82, 2.24) is 5.32 Å². The molecule has 2 aliphatic rings. The van der Waals surface area contributed by atoms with Crippen LogP contribution < -0.4 is 5.32 Å². The Bertz CT molecular complexity index is 654. The van der Waals surface area contributed by atoms with E-state index in [0.717, 1.165) is 32.0 Å². The van der Waals surface area contributed by atoms with Gasteiger partial charge >= 0.3 is 12.4 Å². The third-order valence-corrected chi connectivity index (χ3v) is 4.47. The van der Waals surface area contributed by atoms with Gasteiger partial charge in [0.2, 0.25) is 0 Å². The predicted octanol–water partition coefficient (Wildman–Crippen LogP) is 4.74. The van der Waals surface area contributed by atoms with Crippen molar-refractivity contribution in [3.63, 3.8) is 0 Å². The maximum absolute atomic E-state index is 13.2. The van der Waals surface area contributed by atoms with E-state index in [1.165, 1.54) is 0 Å². The third kappa shape index (κ3) is 3.58. The Morgan fingerprint density at radius 3 is 2.25 bits per heavy atom. The molecule has 1 aromatic rings. The zero-order valence-electron chi connectivity index (χ0n) is 12.7. The zero-order valence-corrected chi connectivity index (χ0v) is 12.7. The maximum atomic E-state index is 13.2. The smallest absolute Gasteiger partial charge is 0.317 e. The van der Waals surface area contributed by atoms with Gasteiger partial charge in [0.1, 0.15) is 0 Å². The summed E-state index contributed by atoms with van der Waals surface area (Å²) in [5.41, 5.74) is -2.36. The fraction of sp³-hybridized carbons (Fsp3) is 0.562. The van der Waals surface area contributed by atoms with Crippen molar-refractivity contribution < 1.29 is 26.3 Å². The summed E-state index contributed by atoms with van der Waals surface area (Å²) in [5.74, 6) is 0.315. The standard InChI is InChI=1S/C16H16F6N2/c17-15(18,19)11-6-10-7-12(5-9-1-3-23-4-2-9)24-14(10)13(8-11)16(20,21)22/h6,8-9,23H,1-5,7H2. The monoisotopic (exact) mass is 350 g/mol. The number of aliphatic imine (C=N–C) groups is 1. The molecule has 0 atom stereocenters. The van der Waals surface area contributed by atoms with E-state index in [2.05, 4.69) is 10.3 Å². The van der Waals surface area contributed by atoms with E-state index in [0.29, 0.717) is 18.1 Å². The number of alkyl halides is 6. The minimum Gasteiger partial charge on any atom is -0.317 e. The number of nitrogens with zero attached hydrogens (tertiary/aromatic N) is 1. The van der Waals surface area contributed by atoms with Crippen LogP contribution in [-0.2, 0) is 18.8 Å². The molecule has 0 bridgehead atoms. The van der Waals surface area contributed by atoms with Crippen molar-refractivity contribution in [2.24, 2.45) is 10.9 Å². The molecule has 1 N–H and O–H groups in total. The summed E-state index contributed by atoms with van der Waals surface area (Å²) in [4.78, 5) is 4.04. The number of hydrogen-bond acceptors (Lipinski definition) is 2. The Hall–Kier alpha value is -1.57. The normalized spacial score (nSPS) is 19.3. The third-order valence-electron chi connectivity index (χ3n) is 4.47. The van der Waals surface area contributed by atoms with Gasteiger partial charge in [0.05, 0.1) is 16.8 Å². The number of halogens is 6. The lowest BCUT2D eigenvalue weighted by atomic mass is 9.91. The highest BCUT2D eigenvalue weighted by Crippen LogP contribution is 2.45. The van der Waals surface area contributed by atoms with Crippen molar-refractivity contribution >= 4 is 11.4 Å². The van der Waals surface area contributed by atoms with Crippen molar-refractivity contribution in [2.75, 3.05) is 13.1 Å². The average Bonchev–Trinajstić information content (AvgIpc) is 2.87. The van der Waals surface area contributed by atoms with Crippen molar-refractivity contribution in [3.8, 4) is 0 Å². The van der Waals surface area contributed by atoms with Gasteiger partial charge in [0.25, 0.3) is 0 Å². The van der Waals surface area contributed by atoms with Gasteiger partial charge < -0.3 is 5.32 Å². The Balaban J connectivity index is 1.92. The number of benzene rings is 1. The summed E-state index contributed by atoms with van der Waals surface area (Å²) < 4.78 is 78.1. The lowest BCUT2D eigenvalue weighted by Gasteiger charge is -2.22. The first-order valence-electron chi connectivity index (χ1n) is 7.73. The highest BCUT2D eigenvalue weighted by atomic mass is 19.4. The van der Waals surface area contributed by atoms with Crippen LogP contribution in [0.25, 0.3) is 0 Å². The average molecular weight is 350 g/mol. The Kier molecular flexibility index (Phi) is 4.36. The van der Waals surface area contributed by atoms with E-state index >= 15 is 0 Å². The maximum Gasteiger partial charge on any atom is 0.418 e. The molecule has 0 aliphatic carbocycles. The van der Waals surface area contributed by atoms with Gasteiger partial charge in [-0.25, -0.2) is 0 Å². The molecule has 24 heavy (non-hydrogen) atoms. The number of hydrogen-bond donors (Lipinski definition) is 1. The van der Waals surface area contributed by atoms with Gasteiger partial charge in [0, 0.05) is 12.1 Å². The van der Waals surface area contributed by atoms with Crippen LogP contribution in [0, 0.1) is 5.92 Å². The van der Waals surface area contributed by atoms with E-state index in [9.17, 15) is 26.3 Å². The molecule has 132 valence electrons. The number of rotatable bonds is 2. The molecule has 1 aromatic carbocycles. The summed E-state index contributed by atoms with van der Waals surface area (Å²) in [6.45, 7) is 1.69. The number of nitrogens with one attached hydrogen (secondary N) is 1. The molecule has 3 rings (SSSR count). The molecule has 8 heteroatoms.